The van der Waals surface area contributed by atoms with Crippen molar-refractivity contribution in [2.24, 2.45) is 11.3 Å². The van der Waals surface area contributed by atoms with Gasteiger partial charge in [-0.2, -0.15) is 5.26 Å². The molecule has 1 heterocycles. The first-order chi connectivity index (χ1) is 6.45. The number of carbonyl (C=O) groups excluding carboxylic acids is 1. The highest BCUT2D eigenvalue weighted by molar-refractivity contribution is 5.81. The van der Waals surface area contributed by atoms with Crippen molar-refractivity contribution in [3.8, 4) is 6.07 Å². The van der Waals surface area contributed by atoms with Gasteiger partial charge in [-0.15, -0.1) is 0 Å². The van der Waals surface area contributed by atoms with Gasteiger partial charge in [-0.3, -0.25) is 4.79 Å². The van der Waals surface area contributed by atoms with Crippen LogP contribution in [0, 0.1) is 22.7 Å². The lowest BCUT2D eigenvalue weighted by Crippen LogP contribution is -2.43. The minimum absolute atomic E-state index is 0.152. The average Bonchev–Trinajstić information content (AvgIpc) is 2.15. The van der Waals surface area contributed by atoms with E-state index in [1.807, 2.05) is 25.7 Å². The lowest BCUT2D eigenvalue weighted by Gasteiger charge is -2.33. The zero-order chi connectivity index (χ0) is 10.8. The molecular weight excluding hydrogens is 176 g/mol. The van der Waals surface area contributed by atoms with Gasteiger partial charge in [0.25, 0.3) is 0 Å². The predicted molar refractivity (Wildman–Crippen MR) is 54.4 cm³/mol. The summed E-state index contributed by atoms with van der Waals surface area (Å²) in [6, 6.07) is 2.26. The second-order valence-corrected chi connectivity index (χ2v) is 4.95. The van der Waals surface area contributed by atoms with Crippen LogP contribution in [-0.4, -0.2) is 23.9 Å². The fraction of sp³-hybridized carbons (Fsp3) is 0.818. The highest BCUT2D eigenvalue weighted by Crippen LogP contribution is 2.22. The molecule has 1 fully saturated rings. The third kappa shape index (κ3) is 2.47. The van der Waals surface area contributed by atoms with E-state index in [-0.39, 0.29) is 17.2 Å². The van der Waals surface area contributed by atoms with Crippen LogP contribution in [0.15, 0.2) is 0 Å². The number of hydrogen-bond donors (Lipinski definition) is 0. The molecule has 0 unspecified atom stereocenters. The Morgan fingerprint density at radius 1 is 1.36 bits per heavy atom. The zero-order valence-corrected chi connectivity index (χ0v) is 9.21. The highest BCUT2D eigenvalue weighted by atomic mass is 16.2. The monoisotopic (exact) mass is 194 g/mol. The molecule has 0 N–H and O–H groups in total. The van der Waals surface area contributed by atoms with Gasteiger partial charge in [0, 0.05) is 24.4 Å². The molecule has 0 bridgehead atoms. The third-order valence-electron chi connectivity index (χ3n) is 2.61. The molecule has 1 aliphatic rings. The van der Waals surface area contributed by atoms with Crippen LogP contribution in [0.25, 0.3) is 0 Å². The molecule has 0 aromatic rings. The van der Waals surface area contributed by atoms with E-state index in [0.29, 0.717) is 0 Å². The molecule has 3 nitrogen and oxygen atoms in total. The number of amides is 1. The van der Waals surface area contributed by atoms with Crippen molar-refractivity contribution in [1.29, 1.82) is 5.26 Å². The fourth-order valence-corrected chi connectivity index (χ4v) is 1.69. The van der Waals surface area contributed by atoms with Gasteiger partial charge >= 0.3 is 0 Å². The van der Waals surface area contributed by atoms with Crippen LogP contribution in [0.4, 0.5) is 0 Å². The van der Waals surface area contributed by atoms with E-state index in [1.54, 1.807) is 0 Å². The first-order valence-corrected chi connectivity index (χ1v) is 5.14. The molecular formula is C11H18N2O. The number of rotatable bonds is 0. The largest absolute Gasteiger partial charge is 0.342 e. The summed E-state index contributed by atoms with van der Waals surface area (Å²) >= 11 is 0. The maximum atomic E-state index is 11.9. The summed E-state index contributed by atoms with van der Waals surface area (Å²) in [4.78, 5) is 13.7. The Kier molecular flexibility index (Phi) is 3.15. The van der Waals surface area contributed by atoms with Crippen LogP contribution in [0.1, 0.15) is 33.6 Å². The Balaban J connectivity index is 2.51. The lowest BCUT2D eigenvalue weighted by atomic mass is 9.91. The molecule has 0 radical (unpaired) electrons. The summed E-state index contributed by atoms with van der Waals surface area (Å²) < 4.78 is 0. The van der Waals surface area contributed by atoms with Gasteiger partial charge in [-0.1, -0.05) is 20.8 Å². The minimum Gasteiger partial charge on any atom is -0.342 e. The summed E-state index contributed by atoms with van der Waals surface area (Å²) in [6.45, 7) is 7.30. The van der Waals surface area contributed by atoms with Gasteiger partial charge < -0.3 is 4.90 Å². The lowest BCUT2D eigenvalue weighted by molar-refractivity contribution is -0.140. The first kappa shape index (κ1) is 11.0. The molecule has 0 atom stereocenters. The molecule has 0 aliphatic carbocycles. The van der Waals surface area contributed by atoms with Crippen LogP contribution in [0.3, 0.4) is 0 Å². The predicted octanol–water partition coefficient (Wildman–Crippen LogP) is 1.79. The van der Waals surface area contributed by atoms with Crippen molar-refractivity contribution >= 4 is 5.91 Å². The van der Waals surface area contributed by atoms with Gasteiger partial charge in [0.15, 0.2) is 0 Å². The second kappa shape index (κ2) is 4.00. The molecule has 0 spiro atoms. The Bertz CT molecular complexity index is 251. The number of piperidine rings is 1. The number of hydrogen-bond acceptors (Lipinski definition) is 2. The number of likely N-dealkylation sites (tertiary alicyclic amines) is 1. The quantitative estimate of drug-likeness (QED) is 0.590. The smallest absolute Gasteiger partial charge is 0.227 e. The third-order valence-corrected chi connectivity index (χ3v) is 2.61. The summed E-state index contributed by atoms with van der Waals surface area (Å²) in [5.41, 5.74) is -0.292. The molecule has 78 valence electrons. The van der Waals surface area contributed by atoms with Gasteiger partial charge in [0.2, 0.25) is 5.91 Å². The van der Waals surface area contributed by atoms with Gasteiger partial charge in [0.05, 0.1) is 6.07 Å². The Hall–Kier alpha value is -1.04. The Morgan fingerprint density at radius 2 is 1.86 bits per heavy atom. The summed E-state index contributed by atoms with van der Waals surface area (Å²) in [5.74, 6) is 0.355. The summed E-state index contributed by atoms with van der Waals surface area (Å²) in [6.07, 6.45) is 1.66. The number of nitriles is 1. The van der Waals surface area contributed by atoms with Crippen molar-refractivity contribution in [3.63, 3.8) is 0 Å². The van der Waals surface area contributed by atoms with E-state index >= 15 is 0 Å². The van der Waals surface area contributed by atoms with Crippen molar-refractivity contribution in [1.82, 2.24) is 4.90 Å². The van der Waals surface area contributed by atoms with Gasteiger partial charge in [-0.05, 0) is 12.8 Å². The molecule has 0 saturated carbocycles. The first-order valence-electron chi connectivity index (χ1n) is 5.14. The highest BCUT2D eigenvalue weighted by Gasteiger charge is 2.30. The second-order valence-electron chi connectivity index (χ2n) is 4.95. The van der Waals surface area contributed by atoms with Crippen molar-refractivity contribution in [3.05, 3.63) is 0 Å². The van der Waals surface area contributed by atoms with E-state index in [2.05, 4.69) is 6.07 Å². The average molecular weight is 194 g/mol. The molecule has 0 aromatic heterocycles. The fourth-order valence-electron chi connectivity index (χ4n) is 1.69. The molecule has 1 rings (SSSR count). The van der Waals surface area contributed by atoms with E-state index in [0.717, 1.165) is 25.9 Å². The molecule has 3 heteroatoms. The Labute approximate surface area is 85.7 Å². The maximum absolute atomic E-state index is 11.9. The van der Waals surface area contributed by atoms with Gasteiger partial charge in [-0.25, -0.2) is 0 Å². The van der Waals surface area contributed by atoms with E-state index in [1.165, 1.54) is 0 Å². The maximum Gasteiger partial charge on any atom is 0.227 e. The molecule has 1 saturated heterocycles. The van der Waals surface area contributed by atoms with Crippen molar-refractivity contribution in [2.45, 2.75) is 33.6 Å². The summed E-state index contributed by atoms with van der Waals surface area (Å²) in [7, 11) is 0. The van der Waals surface area contributed by atoms with Gasteiger partial charge in [0.1, 0.15) is 0 Å². The standard InChI is InChI=1S/C11H18N2O/c1-11(2,3)10(14)13-6-4-9(8-12)5-7-13/h9H,4-7H2,1-3H3. The van der Waals surface area contributed by atoms with Crippen LogP contribution >= 0.6 is 0 Å². The van der Waals surface area contributed by atoms with Crippen LogP contribution in [0.2, 0.25) is 0 Å². The topological polar surface area (TPSA) is 44.1 Å². The van der Waals surface area contributed by atoms with Crippen molar-refractivity contribution < 1.29 is 4.79 Å². The van der Waals surface area contributed by atoms with E-state index < -0.39 is 0 Å². The van der Waals surface area contributed by atoms with Crippen LogP contribution < -0.4 is 0 Å². The summed E-state index contributed by atoms with van der Waals surface area (Å²) in [5, 5.41) is 8.72. The van der Waals surface area contributed by atoms with E-state index in [9.17, 15) is 4.79 Å². The number of carbonyl (C=O) groups is 1. The van der Waals surface area contributed by atoms with Crippen LogP contribution in [-0.2, 0) is 4.79 Å². The number of nitrogens with zero attached hydrogens (tertiary/aromatic N) is 2. The molecule has 1 amide bonds. The minimum atomic E-state index is -0.292. The molecule has 14 heavy (non-hydrogen) atoms. The molecule has 0 aromatic carbocycles. The van der Waals surface area contributed by atoms with Crippen LogP contribution in [0.5, 0.6) is 0 Å². The molecule has 1 aliphatic heterocycles. The zero-order valence-electron chi connectivity index (χ0n) is 9.21. The van der Waals surface area contributed by atoms with Crippen molar-refractivity contribution in [2.75, 3.05) is 13.1 Å². The Morgan fingerprint density at radius 3 is 2.21 bits per heavy atom. The SMILES string of the molecule is CC(C)(C)C(=O)N1CCC(C#N)CC1. The van der Waals surface area contributed by atoms with E-state index in [4.69, 9.17) is 5.26 Å². The normalized spacial score (nSPS) is 19.1.